The molecule has 3 nitrogen and oxygen atoms in total. The molecule has 0 heterocycles. The van der Waals surface area contributed by atoms with Gasteiger partial charge in [-0.25, -0.2) is 0 Å². The molecule has 0 aliphatic carbocycles. The predicted octanol–water partition coefficient (Wildman–Crippen LogP) is 3.28. The van der Waals surface area contributed by atoms with E-state index >= 15 is 0 Å². The summed E-state index contributed by atoms with van der Waals surface area (Å²) >= 11 is 0. The van der Waals surface area contributed by atoms with Crippen LogP contribution in [0, 0.1) is 0 Å². The SMILES string of the molecule is CCCC(CCC)NC(=O)c1ccc(CCCN)cc1. The van der Waals surface area contributed by atoms with Crippen LogP contribution in [0.4, 0.5) is 0 Å². The molecule has 3 N–H and O–H groups in total. The fourth-order valence-corrected chi connectivity index (χ4v) is 2.38. The van der Waals surface area contributed by atoms with Gasteiger partial charge in [-0.15, -0.1) is 0 Å². The van der Waals surface area contributed by atoms with E-state index in [-0.39, 0.29) is 5.91 Å². The Balaban J connectivity index is 2.57. The standard InChI is InChI=1S/C17H28N2O/c1-3-6-16(7-4-2)19-17(20)15-11-9-14(10-12-15)8-5-13-18/h9-12,16H,3-8,13,18H2,1-2H3,(H,19,20). The first-order valence-electron chi connectivity index (χ1n) is 7.81. The number of carbonyl (C=O) groups excluding carboxylic acids is 1. The highest BCUT2D eigenvalue weighted by Gasteiger charge is 2.12. The van der Waals surface area contributed by atoms with Crippen LogP contribution in [0.3, 0.4) is 0 Å². The molecule has 0 atom stereocenters. The van der Waals surface area contributed by atoms with Gasteiger partial charge in [0.25, 0.3) is 5.91 Å². The van der Waals surface area contributed by atoms with Crippen LogP contribution in [0.1, 0.15) is 61.9 Å². The van der Waals surface area contributed by atoms with E-state index < -0.39 is 0 Å². The van der Waals surface area contributed by atoms with E-state index in [1.165, 1.54) is 5.56 Å². The van der Waals surface area contributed by atoms with Crippen molar-refractivity contribution in [3.63, 3.8) is 0 Å². The van der Waals surface area contributed by atoms with Crippen LogP contribution in [0.2, 0.25) is 0 Å². The number of amides is 1. The van der Waals surface area contributed by atoms with Crippen LogP contribution in [-0.4, -0.2) is 18.5 Å². The van der Waals surface area contributed by atoms with E-state index in [0.717, 1.165) is 44.1 Å². The Morgan fingerprint density at radius 3 is 2.25 bits per heavy atom. The average molecular weight is 276 g/mol. The van der Waals surface area contributed by atoms with Gasteiger partial charge in [-0.05, 0) is 49.9 Å². The molecule has 1 aromatic rings. The number of aryl methyl sites for hydroxylation is 1. The van der Waals surface area contributed by atoms with E-state index in [2.05, 4.69) is 19.2 Å². The van der Waals surface area contributed by atoms with Gasteiger partial charge in [-0.3, -0.25) is 4.79 Å². The van der Waals surface area contributed by atoms with Crippen LogP contribution in [0.5, 0.6) is 0 Å². The number of carbonyl (C=O) groups is 1. The lowest BCUT2D eigenvalue weighted by Crippen LogP contribution is -2.34. The van der Waals surface area contributed by atoms with Crippen LogP contribution in [-0.2, 0) is 6.42 Å². The minimum absolute atomic E-state index is 0.0438. The minimum atomic E-state index is 0.0438. The highest BCUT2D eigenvalue weighted by atomic mass is 16.1. The molecule has 0 aliphatic heterocycles. The van der Waals surface area contributed by atoms with Crippen LogP contribution in [0.15, 0.2) is 24.3 Å². The molecule has 0 aliphatic rings. The predicted molar refractivity (Wildman–Crippen MR) is 84.9 cm³/mol. The second-order valence-corrected chi connectivity index (χ2v) is 5.34. The van der Waals surface area contributed by atoms with Gasteiger partial charge in [-0.2, -0.15) is 0 Å². The van der Waals surface area contributed by atoms with Gasteiger partial charge in [0.2, 0.25) is 0 Å². The van der Waals surface area contributed by atoms with Crippen molar-refractivity contribution < 1.29 is 4.79 Å². The lowest BCUT2D eigenvalue weighted by atomic mass is 10.0. The lowest BCUT2D eigenvalue weighted by Gasteiger charge is -2.17. The zero-order valence-corrected chi connectivity index (χ0v) is 12.8. The van der Waals surface area contributed by atoms with E-state index in [1.54, 1.807) is 0 Å². The molecular formula is C17H28N2O. The molecule has 1 amide bonds. The Morgan fingerprint density at radius 2 is 1.75 bits per heavy atom. The number of hydrogen-bond acceptors (Lipinski definition) is 2. The van der Waals surface area contributed by atoms with Gasteiger partial charge in [0.15, 0.2) is 0 Å². The first kappa shape index (κ1) is 16.7. The molecule has 0 saturated heterocycles. The number of nitrogens with one attached hydrogen (secondary N) is 1. The van der Waals surface area contributed by atoms with Gasteiger partial charge in [-0.1, -0.05) is 38.8 Å². The maximum absolute atomic E-state index is 12.2. The van der Waals surface area contributed by atoms with E-state index in [4.69, 9.17) is 5.73 Å². The van der Waals surface area contributed by atoms with Crippen LogP contribution >= 0.6 is 0 Å². The molecule has 0 aromatic heterocycles. The fourth-order valence-electron chi connectivity index (χ4n) is 2.38. The van der Waals surface area contributed by atoms with Gasteiger partial charge >= 0.3 is 0 Å². The Bertz CT molecular complexity index is 380. The summed E-state index contributed by atoms with van der Waals surface area (Å²) in [5.74, 6) is 0.0438. The third-order valence-corrected chi connectivity index (χ3v) is 3.50. The smallest absolute Gasteiger partial charge is 0.251 e. The van der Waals surface area contributed by atoms with Crippen molar-refractivity contribution in [1.82, 2.24) is 5.32 Å². The van der Waals surface area contributed by atoms with E-state index in [0.29, 0.717) is 12.6 Å². The maximum atomic E-state index is 12.2. The summed E-state index contributed by atoms with van der Waals surface area (Å²) in [5, 5.41) is 3.14. The summed E-state index contributed by atoms with van der Waals surface area (Å²) in [7, 11) is 0. The fraction of sp³-hybridized carbons (Fsp3) is 0.588. The molecule has 1 aromatic carbocycles. The first-order valence-corrected chi connectivity index (χ1v) is 7.81. The highest BCUT2D eigenvalue weighted by molar-refractivity contribution is 5.94. The summed E-state index contributed by atoms with van der Waals surface area (Å²) in [6.45, 7) is 5.01. The molecule has 112 valence electrons. The van der Waals surface area contributed by atoms with Crippen molar-refractivity contribution in [2.45, 2.75) is 58.4 Å². The molecule has 0 fully saturated rings. The van der Waals surface area contributed by atoms with Crippen molar-refractivity contribution in [2.24, 2.45) is 5.73 Å². The molecule has 0 unspecified atom stereocenters. The van der Waals surface area contributed by atoms with Gasteiger partial charge < -0.3 is 11.1 Å². The zero-order valence-electron chi connectivity index (χ0n) is 12.8. The summed E-state index contributed by atoms with van der Waals surface area (Å²) in [6, 6.07) is 8.18. The largest absolute Gasteiger partial charge is 0.349 e. The monoisotopic (exact) mass is 276 g/mol. The van der Waals surface area contributed by atoms with Gasteiger partial charge in [0.05, 0.1) is 0 Å². The Hall–Kier alpha value is -1.35. The second-order valence-electron chi connectivity index (χ2n) is 5.34. The summed E-state index contributed by atoms with van der Waals surface area (Å²) < 4.78 is 0. The van der Waals surface area contributed by atoms with Crippen molar-refractivity contribution in [3.8, 4) is 0 Å². The summed E-state index contributed by atoms with van der Waals surface area (Å²) in [4.78, 5) is 12.2. The summed E-state index contributed by atoms with van der Waals surface area (Å²) in [6.07, 6.45) is 6.27. The second kappa shape index (κ2) is 9.54. The molecule has 0 bridgehead atoms. The molecule has 3 heteroatoms. The molecule has 0 saturated carbocycles. The average Bonchev–Trinajstić information content (AvgIpc) is 2.46. The van der Waals surface area contributed by atoms with Crippen molar-refractivity contribution in [1.29, 1.82) is 0 Å². The quantitative estimate of drug-likeness (QED) is 0.727. The van der Waals surface area contributed by atoms with E-state index in [1.807, 2.05) is 24.3 Å². The van der Waals surface area contributed by atoms with Crippen LogP contribution in [0.25, 0.3) is 0 Å². The molecule has 1 rings (SSSR count). The number of rotatable bonds is 9. The minimum Gasteiger partial charge on any atom is -0.349 e. The summed E-state index contributed by atoms with van der Waals surface area (Å²) in [5.41, 5.74) is 7.49. The number of hydrogen-bond donors (Lipinski definition) is 2. The molecule has 0 radical (unpaired) electrons. The lowest BCUT2D eigenvalue weighted by molar-refractivity contribution is 0.0932. The normalized spacial score (nSPS) is 10.8. The third kappa shape index (κ3) is 5.74. The highest BCUT2D eigenvalue weighted by Crippen LogP contribution is 2.09. The third-order valence-electron chi connectivity index (χ3n) is 3.50. The number of nitrogens with two attached hydrogens (primary N) is 1. The first-order chi connectivity index (χ1) is 9.71. The molecule has 0 spiro atoms. The van der Waals surface area contributed by atoms with Crippen molar-refractivity contribution >= 4 is 5.91 Å². The number of benzene rings is 1. The van der Waals surface area contributed by atoms with Crippen LogP contribution < -0.4 is 11.1 Å². The van der Waals surface area contributed by atoms with Crippen molar-refractivity contribution in [3.05, 3.63) is 35.4 Å². The van der Waals surface area contributed by atoms with Crippen molar-refractivity contribution in [2.75, 3.05) is 6.54 Å². The van der Waals surface area contributed by atoms with E-state index in [9.17, 15) is 4.79 Å². The Morgan fingerprint density at radius 1 is 1.15 bits per heavy atom. The van der Waals surface area contributed by atoms with Gasteiger partial charge in [0.1, 0.15) is 0 Å². The Labute approximate surface area is 122 Å². The Kier molecular flexibility index (Phi) is 7.97. The van der Waals surface area contributed by atoms with Gasteiger partial charge in [0, 0.05) is 11.6 Å². The zero-order chi connectivity index (χ0) is 14.8. The maximum Gasteiger partial charge on any atom is 0.251 e. The topological polar surface area (TPSA) is 55.1 Å². The molecular weight excluding hydrogens is 248 g/mol. The molecule has 20 heavy (non-hydrogen) atoms.